The van der Waals surface area contributed by atoms with Crippen LogP contribution in [0.1, 0.15) is 5.56 Å². The molecule has 0 atom stereocenters. The van der Waals surface area contributed by atoms with Crippen molar-refractivity contribution in [1.29, 1.82) is 0 Å². The van der Waals surface area contributed by atoms with Gasteiger partial charge in [0.1, 0.15) is 0 Å². The number of benzene rings is 3. The lowest BCUT2D eigenvalue weighted by Gasteiger charge is -2.36. The lowest BCUT2D eigenvalue weighted by atomic mass is 10.1. The molecule has 1 saturated heterocycles. The summed E-state index contributed by atoms with van der Waals surface area (Å²) >= 11 is 0. The highest BCUT2D eigenvalue weighted by Crippen LogP contribution is 2.31. The number of anilines is 1. The van der Waals surface area contributed by atoms with Gasteiger partial charge >= 0.3 is 0 Å². The fraction of sp³-hybridized carbons (Fsp3) is 0.240. The first-order valence-corrected chi connectivity index (χ1v) is 12.3. The van der Waals surface area contributed by atoms with E-state index in [0.717, 1.165) is 43.9 Å². The number of piperazine rings is 1. The highest BCUT2D eigenvalue weighted by atomic mass is 32.2. The Bertz CT molecular complexity index is 1330. The standard InChI is InChI=1S/C25H26N4O2S/c1-27-24-13-12-21(29-16-14-28(15-17-29)19-20-8-4-2-5-9-20)18-23(24)25(26-27)32(30,31)22-10-6-3-7-11-22/h2-13,18H,14-17,19H2,1H3. The maximum Gasteiger partial charge on any atom is 0.226 e. The van der Waals surface area contributed by atoms with Crippen molar-refractivity contribution in [2.45, 2.75) is 16.5 Å². The van der Waals surface area contributed by atoms with Gasteiger partial charge in [-0.15, -0.1) is 0 Å². The molecule has 0 bridgehead atoms. The van der Waals surface area contributed by atoms with Crippen LogP contribution in [0.25, 0.3) is 10.9 Å². The second-order valence-corrected chi connectivity index (χ2v) is 10.1. The summed E-state index contributed by atoms with van der Waals surface area (Å²) in [7, 11) is -1.91. The Morgan fingerprint density at radius 2 is 1.50 bits per heavy atom. The molecule has 0 amide bonds. The summed E-state index contributed by atoms with van der Waals surface area (Å²) in [6.45, 7) is 4.69. The molecular weight excluding hydrogens is 420 g/mol. The molecule has 1 aliphatic rings. The van der Waals surface area contributed by atoms with E-state index in [1.54, 1.807) is 36.0 Å². The number of nitrogens with zero attached hydrogens (tertiary/aromatic N) is 4. The van der Waals surface area contributed by atoms with Gasteiger partial charge in [-0.25, -0.2) is 8.42 Å². The summed E-state index contributed by atoms with van der Waals surface area (Å²) in [5.41, 5.74) is 3.17. The molecule has 0 saturated carbocycles. The molecule has 0 N–H and O–H groups in total. The minimum absolute atomic E-state index is 0.116. The Labute approximate surface area is 188 Å². The van der Waals surface area contributed by atoms with E-state index < -0.39 is 9.84 Å². The molecule has 0 radical (unpaired) electrons. The minimum Gasteiger partial charge on any atom is -0.369 e. The Balaban J connectivity index is 1.40. The molecule has 3 aromatic carbocycles. The summed E-state index contributed by atoms with van der Waals surface area (Å²) in [4.78, 5) is 5.05. The molecule has 0 unspecified atom stereocenters. The molecule has 164 valence electrons. The van der Waals surface area contributed by atoms with Gasteiger partial charge in [0.15, 0.2) is 5.03 Å². The molecule has 5 rings (SSSR count). The predicted molar refractivity (Wildman–Crippen MR) is 127 cm³/mol. The van der Waals surface area contributed by atoms with Crippen LogP contribution in [0.4, 0.5) is 5.69 Å². The zero-order valence-corrected chi connectivity index (χ0v) is 18.9. The van der Waals surface area contributed by atoms with E-state index >= 15 is 0 Å². The Hall–Kier alpha value is -3.16. The van der Waals surface area contributed by atoms with E-state index in [1.165, 1.54) is 5.56 Å². The zero-order chi connectivity index (χ0) is 22.1. The third kappa shape index (κ3) is 3.89. The maximum atomic E-state index is 13.3. The van der Waals surface area contributed by atoms with Crippen LogP contribution in [0.3, 0.4) is 0 Å². The van der Waals surface area contributed by atoms with Crippen molar-refractivity contribution >= 4 is 26.4 Å². The van der Waals surface area contributed by atoms with Crippen LogP contribution in [0, 0.1) is 0 Å². The van der Waals surface area contributed by atoms with Crippen LogP contribution in [-0.2, 0) is 23.4 Å². The zero-order valence-electron chi connectivity index (χ0n) is 18.1. The third-order valence-electron chi connectivity index (χ3n) is 6.09. The molecule has 2 heterocycles. The number of sulfone groups is 1. The molecule has 1 aromatic heterocycles. The maximum absolute atomic E-state index is 13.3. The van der Waals surface area contributed by atoms with Gasteiger partial charge < -0.3 is 4.90 Å². The summed E-state index contributed by atoms with van der Waals surface area (Å²) in [6, 6.07) is 25.1. The molecule has 32 heavy (non-hydrogen) atoms. The molecular formula is C25H26N4O2S. The van der Waals surface area contributed by atoms with E-state index in [2.05, 4.69) is 45.2 Å². The number of rotatable bonds is 5. The van der Waals surface area contributed by atoms with Gasteiger partial charge in [0.25, 0.3) is 0 Å². The number of aromatic nitrogens is 2. The van der Waals surface area contributed by atoms with Gasteiger partial charge in [-0.3, -0.25) is 9.58 Å². The molecule has 0 spiro atoms. The van der Waals surface area contributed by atoms with E-state index in [0.29, 0.717) is 5.39 Å². The fourth-order valence-corrected chi connectivity index (χ4v) is 5.76. The minimum atomic E-state index is -3.69. The van der Waals surface area contributed by atoms with Crippen LogP contribution in [-0.4, -0.2) is 49.3 Å². The summed E-state index contributed by atoms with van der Waals surface area (Å²) in [6.07, 6.45) is 0. The topological polar surface area (TPSA) is 58.4 Å². The van der Waals surface area contributed by atoms with Gasteiger partial charge in [0, 0.05) is 50.8 Å². The second-order valence-electron chi connectivity index (χ2n) is 8.20. The first-order valence-electron chi connectivity index (χ1n) is 10.8. The van der Waals surface area contributed by atoms with Crippen LogP contribution in [0.15, 0.2) is 88.8 Å². The summed E-state index contributed by atoms with van der Waals surface area (Å²) in [5.74, 6) is 0. The lowest BCUT2D eigenvalue weighted by molar-refractivity contribution is 0.250. The van der Waals surface area contributed by atoms with Crippen molar-refractivity contribution in [3.8, 4) is 0 Å². The van der Waals surface area contributed by atoms with Crippen LogP contribution < -0.4 is 4.90 Å². The van der Waals surface area contributed by atoms with Gasteiger partial charge in [0.05, 0.1) is 10.4 Å². The largest absolute Gasteiger partial charge is 0.369 e. The van der Waals surface area contributed by atoms with Crippen molar-refractivity contribution in [1.82, 2.24) is 14.7 Å². The quantitative estimate of drug-likeness (QED) is 0.468. The molecule has 7 heteroatoms. The second kappa shape index (κ2) is 8.41. The average Bonchev–Trinajstić information content (AvgIpc) is 3.17. The summed E-state index contributed by atoms with van der Waals surface area (Å²) in [5, 5.41) is 5.17. The van der Waals surface area contributed by atoms with Crippen LogP contribution in [0.5, 0.6) is 0 Å². The fourth-order valence-electron chi connectivity index (χ4n) is 4.33. The molecule has 6 nitrogen and oxygen atoms in total. The highest BCUT2D eigenvalue weighted by Gasteiger charge is 2.26. The van der Waals surface area contributed by atoms with Gasteiger partial charge in [-0.1, -0.05) is 48.5 Å². The molecule has 1 fully saturated rings. The number of aryl methyl sites for hydroxylation is 1. The van der Waals surface area contributed by atoms with Gasteiger partial charge in [-0.05, 0) is 35.9 Å². The molecule has 1 aliphatic heterocycles. The van der Waals surface area contributed by atoms with E-state index in [9.17, 15) is 8.42 Å². The Kier molecular flexibility index (Phi) is 5.45. The normalized spacial score (nSPS) is 15.3. The highest BCUT2D eigenvalue weighted by molar-refractivity contribution is 7.91. The van der Waals surface area contributed by atoms with Crippen molar-refractivity contribution in [3.05, 3.63) is 84.4 Å². The monoisotopic (exact) mass is 446 g/mol. The van der Waals surface area contributed by atoms with Crippen LogP contribution in [0.2, 0.25) is 0 Å². The number of fused-ring (bicyclic) bond motifs is 1. The summed E-state index contributed by atoms with van der Waals surface area (Å²) < 4.78 is 28.2. The smallest absolute Gasteiger partial charge is 0.226 e. The third-order valence-corrected chi connectivity index (χ3v) is 7.80. The molecule has 4 aromatic rings. The SMILES string of the molecule is Cn1nc(S(=O)(=O)c2ccccc2)c2cc(N3CCN(Cc4ccccc4)CC3)ccc21. The van der Waals surface area contributed by atoms with Crippen molar-refractivity contribution in [3.63, 3.8) is 0 Å². The van der Waals surface area contributed by atoms with E-state index in [-0.39, 0.29) is 9.92 Å². The van der Waals surface area contributed by atoms with Gasteiger partial charge in [0.2, 0.25) is 9.84 Å². The first kappa shape index (κ1) is 20.7. The van der Waals surface area contributed by atoms with Crippen molar-refractivity contribution in [2.24, 2.45) is 7.05 Å². The van der Waals surface area contributed by atoms with Crippen molar-refractivity contribution < 1.29 is 8.42 Å². The van der Waals surface area contributed by atoms with Crippen molar-refractivity contribution in [2.75, 3.05) is 31.1 Å². The van der Waals surface area contributed by atoms with Crippen LogP contribution >= 0.6 is 0 Å². The lowest BCUT2D eigenvalue weighted by Crippen LogP contribution is -2.45. The van der Waals surface area contributed by atoms with Gasteiger partial charge in [-0.2, -0.15) is 5.10 Å². The Morgan fingerprint density at radius 1 is 0.844 bits per heavy atom. The van der Waals surface area contributed by atoms with E-state index in [1.807, 2.05) is 24.3 Å². The van der Waals surface area contributed by atoms with E-state index in [4.69, 9.17) is 0 Å². The first-order chi connectivity index (χ1) is 15.5. The molecule has 0 aliphatic carbocycles. The number of hydrogen-bond acceptors (Lipinski definition) is 5. The number of hydrogen-bond donors (Lipinski definition) is 0. The Morgan fingerprint density at radius 3 is 2.19 bits per heavy atom. The predicted octanol–water partition coefficient (Wildman–Crippen LogP) is 3.73. The average molecular weight is 447 g/mol.